The highest BCUT2D eigenvalue weighted by Crippen LogP contribution is 1.99. The Morgan fingerprint density at radius 3 is 2.59 bits per heavy atom. The Morgan fingerprint density at radius 1 is 1.29 bits per heavy atom. The standard InChI is InChI=1S/C13H28N2O2/c1-4-5-6-8-14-13(17)12(3)15-10-11(2)7-9-16/h11-12,15-16H,4-10H2,1-3H3,(H,14,17). The fourth-order valence-electron chi connectivity index (χ4n) is 1.53. The maximum absolute atomic E-state index is 11.7. The van der Waals surface area contributed by atoms with Crippen LogP contribution < -0.4 is 10.6 Å². The first kappa shape index (κ1) is 16.4. The minimum Gasteiger partial charge on any atom is -0.396 e. The second-order valence-electron chi connectivity index (χ2n) is 4.75. The molecule has 0 aromatic heterocycles. The van der Waals surface area contributed by atoms with E-state index < -0.39 is 0 Å². The van der Waals surface area contributed by atoms with Gasteiger partial charge in [0, 0.05) is 13.2 Å². The Kier molecular flexibility index (Phi) is 10.2. The van der Waals surface area contributed by atoms with Crippen molar-refractivity contribution in [1.82, 2.24) is 10.6 Å². The van der Waals surface area contributed by atoms with Crippen LogP contribution in [0.5, 0.6) is 0 Å². The van der Waals surface area contributed by atoms with Gasteiger partial charge in [0.05, 0.1) is 6.04 Å². The SMILES string of the molecule is CCCCCNC(=O)C(C)NCC(C)CCO. The van der Waals surface area contributed by atoms with Crippen molar-refractivity contribution in [3.05, 3.63) is 0 Å². The van der Waals surface area contributed by atoms with Gasteiger partial charge in [-0.15, -0.1) is 0 Å². The van der Waals surface area contributed by atoms with Gasteiger partial charge in [-0.25, -0.2) is 0 Å². The zero-order valence-electron chi connectivity index (χ0n) is 11.5. The van der Waals surface area contributed by atoms with Gasteiger partial charge in [0.15, 0.2) is 0 Å². The number of aliphatic hydroxyl groups is 1. The van der Waals surface area contributed by atoms with Crippen LogP contribution in [-0.2, 0) is 4.79 Å². The highest BCUT2D eigenvalue weighted by Gasteiger charge is 2.12. The summed E-state index contributed by atoms with van der Waals surface area (Å²) in [5, 5.41) is 14.9. The van der Waals surface area contributed by atoms with Crippen LogP contribution in [0.2, 0.25) is 0 Å². The van der Waals surface area contributed by atoms with Crippen LogP contribution in [0.1, 0.15) is 46.5 Å². The summed E-state index contributed by atoms with van der Waals surface area (Å²) in [4.78, 5) is 11.7. The Bertz CT molecular complexity index is 198. The lowest BCUT2D eigenvalue weighted by atomic mass is 10.1. The number of hydrogen-bond donors (Lipinski definition) is 3. The highest BCUT2D eigenvalue weighted by molar-refractivity contribution is 5.81. The molecule has 2 unspecified atom stereocenters. The largest absolute Gasteiger partial charge is 0.396 e. The zero-order valence-corrected chi connectivity index (χ0v) is 11.5. The van der Waals surface area contributed by atoms with Crippen LogP contribution in [0.25, 0.3) is 0 Å². The topological polar surface area (TPSA) is 61.4 Å². The maximum Gasteiger partial charge on any atom is 0.236 e. The van der Waals surface area contributed by atoms with E-state index in [9.17, 15) is 4.79 Å². The Balaban J connectivity index is 3.59. The minimum atomic E-state index is -0.155. The molecule has 0 rings (SSSR count). The van der Waals surface area contributed by atoms with Crippen molar-refractivity contribution in [3.8, 4) is 0 Å². The number of nitrogens with one attached hydrogen (secondary N) is 2. The van der Waals surface area contributed by atoms with Crippen LogP contribution in [0.4, 0.5) is 0 Å². The van der Waals surface area contributed by atoms with Gasteiger partial charge >= 0.3 is 0 Å². The molecule has 0 saturated carbocycles. The molecule has 102 valence electrons. The second-order valence-corrected chi connectivity index (χ2v) is 4.75. The molecule has 0 aliphatic heterocycles. The number of carbonyl (C=O) groups excluding carboxylic acids is 1. The van der Waals surface area contributed by atoms with Gasteiger partial charge in [-0.05, 0) is 32.2 Å². The van der Waals surface area contributed by atoms with Crippen molar-refractivity contribution in [2.24, 2.45) is 5.92 Å². The van der Waals surface area contributed by atoms with Gasteiger partial charge in [0.2, 0.25) is 5.91 Å². The molecule has 0 aromatic rings. The molecule has 0 aromatic carbocycles. The van der Waals surface area contributed by atoms with Crippen molar-refractivity contribution < 1.29 is 9.90 Å². The third kappa shape index (κ3) is 9.12. The van der Waals surface area contributed by atoms with Gasteiger partial charge in [-0.2, -0.15) is 0 Å². The molecule has 4 nitrogen and oxygen atoms in total. The normalized spacial score (nSPS) is 14.4. The summed E-state index contributed by atoms with van der Waals surface area (Å²) in [6, 6.07) is -0.155. The smallest absolute Gasteiger partial charge is 0.236 e. The Morgan fingerprint density at radius 2 is 2.00 bits per heavy atom. The van der Waals surface area contributed by atoms with Crippen LogP contribution in [0.15, 0.2) is 0 Å². The third-order valence-corrected chi connectivity index (χ3v) is 2.87. The summed E-state index contributed by atoms with van der Waals surface area (Å²) in [5.74, 6) is 0.465. The molecule has 17 heavy (non-hydrogen) atoms. The van der Waals surface area contributed by atoms with E-state index in [1.54, 1.807) is 0 Å². The lowest BCUT2D eigenvalue weighted by molar-refractivity contribution is -0.122. The van der Waals surface area contributed by atoms with E-state index >= 15 is 0 Å². The van der Waals surface area contributed by atoms with E-state index in [4.69, 9.17) is 5.11 Å². The fourth-order valence-corrected chi connectivity index (χ4v) is 1.53. The molecule has 0 aliphatic carbocycles. The summed E-state index contributed by atoms with van der Waals surface area (Å²) in [7, 11) is 0. The van der Waals surface area contributed by atoms with Crippen molar-refractivity contribution in [2.75, 3.05) is 19.7 Å². The summed E-state index contributed by atoms with van der Waals surface area (Å²) in [6.07, 6.45) is 4.16. The molecule has 4 heteroatoms. The number of rotatable bonds is 10. The van der Waals surface area contributed by atoms with Gasteiger partial charge in [0.1, 0.15) is 0 Å². The lowest BCUT2D eigenvalue weighted by Crippen LogP contribution is -2.43. The van der Waals surface area contributed by atoms with E-state index in [0.717, 1.165) is 32.4 Å². The number of carbonyl (C=O) groups is 1. The van der Waals surface area contributed by atoms with Crippen LogP contribution in [0, 0.1) is 5.92 Å². The maximum atomic E-state index is 11.7. The Labute approximate surface area is 105 Å². The quantitative estimate of drug-likeness (QED) is 0.507. The molecular weight excluding hydrogens is 216 g/mol. The molecule has 0 heterocycles. The van der Waals surface area contributed by atoms with E-state index in [-0.39, 0.29) is 18.6 Å². The van der Waals surface area contributed by atoms with Crippen molar-refractivity contribution in [2.45, 2.75) is 52.5 Å². The monoisotopic (exact) mass is 244 g/mol. The summed E-state index contributed by atoms with van der Waals surface area (Å²) in [6.45, 7) is 7.83. The molecule has 0 bridgehead atoms. The summed E-state index contributed by atoms with van der Waals surface area (Å²) < 4.78 is 0. The molecule has 0 spiro atoms. The summed E-state index contributed by atoms with van der Waals surface area (Å²) >= 11 is 0. The van der Waals surface area contributed by atoms with Crippen LogP contribution in [-0.4, -0.2) is 36.8 Å². The van der Waals surface area contributed by atoms with Crippen molar-refractivity contribution >= 4 is 5.91 Å². The molecule has 0 fully saturated rings. The highest BCUT2D eigenvalue weighted by atomic mass is 16.3. The first-order valence-corrected chi connectivity index (χ1v) is 6.73. The number of aliphatic hydroxyl groups excluding tert-OH is 1. The van der Waals surface area contributed by atoms with E-state index in [0.29, 0.717) is 5.92 Å². The number of amides is 1. The van der Waals surface area contributed by atoms with E-state index in [2.05, 4.69) is 24.5 Å². The first-order chi connectivity index (χ1) is 8.11. The van der Waals surface area contributed by atoms with Crippen LogP contribution in [0.3, 0.4) is 0 Å². The predicted molar refractivity (Wildman–Crippen MR) is 70.9 cm³/mol. The molecule has 2 atom stereocenters. The zero-order chi connectivity index (χ0) is 13.1. The fraction of sp³-hybridized carbons (Fsp3) is 0.923. The van der Waals surface area contributed by atoms with Gasteiger partial charge in [0.25, 0.3) is 0 Å². The van der Waals surface area contributed by atoms with Gasteiger partial charge < -0.3 is 15.7 Å². The molecule has 0 saturated heterocycles. The predicted octanol–water partition coefficient (Wildman–Crippen LogP) is 1.29. The van der Waals surface area contributed by atoms with E-state index in [1.807, 2.05) is 6.92 Å². The summed E-state index contributed by atoms with van der Waals surface area (Å²) in [5.41, 5.74) is 0. The van der Waals surface area contributed by atoms with E-state index in [1.165, 1.54) is 6.42 Å². The third-order valence-electron chi connectivity index (χ3n) is 2.87. The minimum absolute atomic E-state index is 0.0669. The molecular formula is C13H28N2O2. The van der Waals surface area contributed by atoms with Gasteiger partial charge in [-0.3, -0.25) is 4.79 Å². The number of hydrogen-bond acceptors (Lipinski definition) is 3. The van der Waals surface area contributed by atoms with Gasteiger partial charge in [-0.1, -0.05) is 26.7 Å². The second kappa shape index (κ2) is 10.5. The number of unbranched alkanes of at least 4 members (excludes halogenated alkanes) is 2. The average molecular weight is 244 g/mol. The molecule has 1 amide bonds. The Hall–Kier alpha value is -0.610. The molecule has 0 aliphatic rings. The molecule has 0 radical (unpaired) electrons. The lowest BCUT2D eigenvalue weighted by Gasteiger charge is -2.17. The van der Waals surface area contributed by atoms with Crippen molar-refractivity contribution in [3.63, 3.8) is 0 Å². The van der Waals surface area contributed by atoms with Crippen LogP contribution >= 0.6 is 0 Å². The molecule has 3 N–H and O–H groups in total. The first-order valence-electron chi connectivity index (χ1n) is 6.73. The average Bonchev–Trinajstić information content (AvgIpc) is 2.31. The van der Waals surface area contributed by atoms with Crippen molar-refractivity contribution in [1.29, 1.82) is 0 Å².